The number of anilines is 1. The molecule has 4 rings (SSSR count). The molecule has 0 aliphatic rings. The first-order chi connectivity index (χ1) is 15.7. The fraction of sp³-hybridized carbons (Fsp3) is 0.190. The number of alkyl halides is 3. The highest BCUT2D eigenvalue weighted by Gasteiger charge is 2.32. The molecule has 0 aliphatic carbocycles. The van der Waals surface area contributed by atoms with E-state index >= 15 is 0 Å². The van der Waals surface area contributed by atoms with Gasteiger partial charge in [0.2, 0.25) is 5.95 Å². The fourth-order valence-electron chi connectivity index (χ4n) is 3.29. The van der Waals surface area contributed by atoms with Crippen LogP contribution in [0.5, 0.6) is 5.75 Å². The first kappa shape index (κ1) is 22.8. The molecule has 0 saturated heterocycles. The van der Waals surface area contributed by atoms with Crippen molar-refractivity contribution in [3.05, 3.63) is 80.3 Å². The van der Waals surface area contributed by atoms with E-state index in [-0.39, 0.29) is 23.7 Å². The summed E-state index contributed by atoms with van der Waals surface area (Å²) >= 11 is 3.24. The van der Waals surface area contributed by atoms with Gasteiger partial charge in [0.15, 0.2) is 5.65 Å². The minimum Gasteiger partial charge on any atom is -0.405 e. The lowest BCUT2D eigenvalue weighted by molar-refractivity contribution is -0.274. The second-order valence-electron chi connectivity index (χ2n) is 7.12. The Bertz CT molecular complexity index is 1350. The van der Waals surface area contributed by atoms with Crippen molar-refractivity contribution in [1.29, 1.82) is 0 Å². The number of nitrogens with two attached hydrogens (primary N) is 1. The van der Waals surface area contributed by atoms with Gasteiger partial charge in [-0.1, -0.05) is 40.2 Å². The lowest BCUT2D eigenvalue weighted by Crippen LogP contribution is -2.21. The smallest absolute Gasteiger partial charge is 0.405 e. The van der Waals surface area contributed by atoms with Gasteiger partial charge in [0.05, 0.1) is 12.7 Å². The van der Waals surface area contributed by atoms with Crippen LogP contribution in [-0.2, 0) is 19.6 Å². The number of nitrogens with one attached hydrogen (secondary N) is 2. The van der Waals surface area contributed by atoms with Crippen molar-refractivity contribution >= 4 is 33.0 Å². The van der Waals surface area contributed by atoms with E-state index in [0.29, 0.717) is 23.1 Å². The molecule has 2 aromatic heterocycles. The lowest BCUT2D eigenvalue weighted by Gasteiger charge is -2.14. The molecule has 0 radical (unpaired) electrons. The molecule has 0 saturated carbocycles. The Morgan fingerprint density at radius 1 is 1.18 bits per heavy atom. The van der Waals surface area contributed by atoms with E-state index in [1.165, 1.54) is 29.0 Å². The zero-order valence-corrected chi connectivity index (χ0v) is 18.6. The molecule has 0 fully saturated rings. The van der Waals surface area contributed by atoms with Crippen molar-refractivity contribution in [3.8, 4) is 5.75 Å². The Morgan fingerprint density at radius 2 is 1.97 bits per heavy atom. The normalized spacial score (nSPS) is 11.7. The van der Waals surface area contributed by atoms with Crippen LogP contribution in [0.4, 0.5) is 19.1 Å². The van der Waals surface area contributed by atoms with E-state index in [2.05, 4.69) is 40.9 Å². The predicted octanol–water partition coefficient (Wildman–Crippen LogP) is 3.90. The summed E-state index contributed by atoms with van der Waals surface area (Å²) in [6.07, 6.45) is -3.43. The molecule has 0 aliphatic heterocycles. The molecule has 0 amide bonds. The quantitative estimate of drug-likeness (QED) is 0.339. The zero-order chi connectivity index (χ0) is 23.6. The van der Waals surface area contributed by atoms with Crippen LogP contribution in [0.25, 0.3) is 11.2 Å². The minimum absolute atomic E-state index is 0.149. The number of imidazole rings is 1. The number of ether oxygens (including phenoxy) is 1. The van der Waals surface area contributed by atoms with E-state index in [1.54, 1.807) is 0 Å². The second kappa shape index (κ2) is 9.24. The molecular weight excluding hydrogens is 505 g/mol. The van der Waals surface area contributed by atoms with Crippen molar-refractivity contribution in [2.45, 2.75) is 26.0 Å². The van der Waals surface area contributed by atoms with Crippen LogP contribution in [0.1, 0.15) is 16.7 Å². The first-order valence-corrected chi connectivity index (χ1v) is 10.5. The van der Waals surface area contributed by atoms with Crippen LogP contribution in [0.2, 0.25) is 0 Å². The average molecular weight is 523 g/mol. The summed E-state index contributed by atoms with van der Waals surface area (Å²) in [5.74, 6) is -0.145. The van der Waals surface area contributed by atoms with E-state index in [0.717, 1.165) is 11.1 Å². The lowest BCUT2D eigenvalue weighted by atomic mass is 10.1. The highest BCUT2D eigenvalue weighted by atomic mass is 79.9. The predicted molar refractivity (Wildman–Crippen MR) is 120 cm³/mol. The third-order valence-corrected chi connectivity index (χ3v) is 5.26. The number of aromatic nitrogens is 4. The summed E-state index contributed by atoms with van der Waals surface area (Å²) in [6, 6.07) is 11.8. The van der Waals surface area contributed by atoms with Crippen LogP contribution in [-0.4, -0.2) is 25.9 Å². The van der Waals surface area contributed by atoms with Gasteiger partial charge in [-0.25, -0.2) is 9.78 Å². The number of nitrogens with zero attached hydrogens (tertiary/aromatic N) is 3. The number of hydrogen-bond acceptors (Lipinski definition) is 6. The third-order valence-electron chi connectivity index (χ3n) is 4.77. The van der Waals surface area contributed by atoms with E-state index in [9.17, 15) is 18.0 Å². The number of fused-ring (bicyclic) bond motifs is 1. The molecule has 2 heterocycles. The molecule has 12 heteroatoms. The molecule has 0 unspecified atom stereocenters. The largest absolute Gasteiger partial charge is 0.573 e. The van der Waals surface area contributed by atoms with E-state index in [4.69, 9.17) is 5.73 Å². The Hall–Kier alpha value is -3.38. The molecule has 33 heavy (non-hydrogen) atoms. The molecule has 0 bridgehead atoms. The molecular formula is C21H18BrF3N6O2. The average Bonchev–Trinajstić information content (AvgIpc) is 3.08. The van der Waals surface area contributed by atoms with Crippen LogP contribution >= 0.6 is 15.9 Å². The monoisotopic (exact) mass is 522 g/mol. The van der Waals surface area contributed by atoms with Crippen LogP contribution in [0, 0.1) is 0 Å². The number of hydrogen-bond donors (Lipinski definition) is 3. The van der Waals surface area contributed by atoms with Crippen LogP contribution in [0.15, 0.2) is 57.9 Å². The Balaban J connectivity index is 1.63. The summed E-state index contributed by atoms with van der Waals surface area (Å²) in [4.78, 5) is 23.7. The van der Waals surface area contributed by atoms with Crippen molar-refractivity contribution in [2.24, 2.45) is 5.73 Å². The van der Waals surface area contributed by atoms with Gasteiger partial charge < -0.3 is 20.8 Å². The SMILES string of the molecule is NCc1cccc(CNc2ncc3[nH]c(=O)n(Cc4cc(Br)ccc4OC(F)(F)F)c3n2)c1. The fourth-order valence-corrected chi connectivity index (χ4v) is 3.70. The number of aromatic amines is 1. The van der Waals surface area contributed by atoms with Gasteiger partial charge >= 0.3 is 12.1 Å². The maximum absolute atomic E-state index is 12.8. The van der Waals surface area contributed by atoms with Crippen LogP contribution in [0.3, 0.4) is 0 Å². The van der Waals surface area contributed by atoms with E-state index < -0.39 is 17.8 Å². The zero-order valence-electron chi connectivity index (χ0n) is 17.0. The maximum atomic E-state index is 12.8. The van der Waals surface area contributed by atoms with E-state index in [1.807, 2.05) is 24.3 Å². The van der Waals surface area contributed by atoms with Crippen molar-refractivity contribution in [1.82, 2.24) is 19.5 Å². The number of H-pyrrole nitrogens is 1. The molecule has 4 aromatic rings. The van der Waals surface area contributed by atoms with Crippen molar-refractivity contribution < 1.29 is 17.9 Å². The van der Waals surface area contributed by atoms with Gasteiger partial charge in [0, 0.05) is 23.1 Å². The highest BCUT2D eigenvalue weighted by Crippen LogP contribution is 2.29. The third kappa shape index (κ3) is 5.52. The number of benzene rings is 2. The van der Waals surface area contributed by atoms with Gasteiger partial charge in [0.25, 0.3) is 0 Å². The Morgan fingerprint density at radius 3 is 2.73 bits per heavy atom. The molecule has 172 valence electrons. The topological polar surface area (TPSA) is 111 Å². The molecule has 0 spiro atoms. The number of rotatable bonds is 7. The highest BCUT2D eigenvalue weighted by molar-refractivity contribution is 9.10. The standard InChI is InChI=1S/C21H18BrF3N6O2/c22-15-4-5-17(33-21(23,24)25)14(7-15)11-31-18-16(29-20(31)32)10-28-19(30-18)27-9-13-3-1-2-12(6-13)8-26/h1-7,10H,8-9,11,26H2,(H,29,32)(H,27,28,30). The van der Waals surface area contributed by atoms with Gasteiger partial charge in [-0.15, -0.1) is 13.2 Å². The van der Waals surface area contributed by atoms with Crippen LogP contribution < -0.4 is 21.5 Å². The first-order valence-electron chi connectivity index (χ1n) is 9.73. The minimum atomic E-state index is -4.87. The van der Waals surface area contributed by atoms with Gasteiger partial charge in [-0.2, -0.15) is 4.98 Å². The van der Waals surface area contributed by atoms with Gasteiger partial charge in [-0.05, 0) is 29.3 Å². The molecule has 4 N–H and O–H groups in total. The Labute approximate surface area is 193 Å². The second-order valence-corrected chi connectivity index (χ2v) is 8.04. The molecule has 0 atom stereocenters. The van der Waals surface area contributed by atoms with Gasteiger partial charge in [-0.3, -0.25) is 4.57 Å². The van der Waals surface area contributed by atoms with Crippen molar-refractivity contribution in [3.63, 3.8) is 0 Å². The van der Waals surface area contributed by atoms with Crippen molar-refractivity contribution in [2.75, 3.05) is 5.32 Å². The Kier molecular flexibility index (Phi) is 6.38. The summed E-state index contributed by atoms with van der Waals surface area (Å²) in [5.41, 5.74) is 7.83. The van der Waals surface area contributed by atoms with Gasteiger partial charge in [0.1, 0.15) is 11.3 Å². The maximum Gasteiger partial charge on any atom is 0.573 e. The molecule has 2 aromatic carbocycles. The summed E-state index contributed by atoms with van der Waals surface area (Å²) in [6.45, 7) is 0.642. The number of halogens is 4. The summed E-state index contributed by atoms with van der Waals surface area (Å²) in [5, 5.41) is 3.08. The molecule has 8 nitrogen and oxygen atoms in total. The summed E-state index contributed by atoms with van der Waals surface area (Å²) < 4.78 is 44.3. The summed E-state index contributed by atoms with van der Waals surface area (Å²) in [7, 11) is 0.